The molecule has 0 fully saturated rings. The molecule has 0 aromatic rings. The Hall–Kier alpha value is -1.58. The second-order valence-electron chi connectivity index (χ2n) is 2.49. The lowest BCUT2D eigenvalue weighted by Gasteiger charge is -2.15. The van der Waals surface area contributed by atoms with E-state index in [-0.39, 0.29) is 0 Å². The van der Waals surface area contributed by atoms with Crippen LogP contribution >= 0.6 is 0 Å². The zero-order valence-electron chi connectivity index (χ0n) is 6.62. The van der Waals surface area contributed by atoms with Gasteiger partial charge in [-0.3, -0.25) is 0 Å². The Balaban J connectivity index is 2.17. The molecule has 62 valence electrons. The first-order valence-corrected chi connectivity index (χ1v) is 3.90. The van der Waals surface area contributed by atoms with Gasteiger partial charge < -0.3 is 10.6 Å². The van der Waals surface area contributed by atoms with Crippen molar-refractivity contribution >= 4 is 11.7 Å². The molecule has 2 rings (SSSR count). The smallest absolute Gasteiger partial charge is 0.169 e. The van der Waals surface area contributed by atoms with Crippen molar-refractivity contribution in [1.29, 1.82) is 0 Å². The normalized spacial score (nSPS) is 20.7. The quantitative estimate of drug-likeness (QED) is 0.571. The summed E-state index contributed by atoms with van der Waals surface area (Å²) in [6.07, 6.45) is 7.49. The lowest BCUT2D eigenvalue weighted by Crippen LogP contribution is -2.42. The highest BCUT2D eigenvalue weighted by atomic mass is 15.1. The Labute approximate surface area is 70.8 Å². The van der Waals surface area contributed by atoms with Crippen molar-refractivity contribution in [3.8, 4) is 0 Å². The fourth-order valence-electron chi connectivity index (χ4n) is 1.05. The fraction of sp³-hybridized carbons (Fsp3) is 0.250. The summed E-state index contributed by atoms with van der Waals surface area (Å²) in [5.41, 5.74) is 0. The lowest BCUT2D eigenvalue weighted by atomic mass is 10.4. The lowest BCUT2D eigenvalue weighted by molar-refractivity contribution is 0.979. The fourth-order valence-corrected chi connectivity index (χ4v) is 1.05. The van der Waals surface area contributed by atoms with Crippen molar-refractivity contribution in [2.24, 2.45) is 9.98 Å². The molecule has 0 aliphatic carbocycles. The Morgan fingerprint density at radius 3 is 1.75 bits per heavy atom. The predicted octanol–water partition coefficient (Wildman–Crippen LogP) is 0.0172. The van der Waals surface area contributed by atoms with Crippen LogP contribution in [0.25, 0.3) is 0 Å². The summed E-state index contributed by atoms with van der Waals surface area (Å²) in [4.78, 5) is 8.30. The molecule has 2 aliphatic rings. The number of nitrogens with one attached hydrogen (secondary N) is 2. The minimum Gasteiger partial charge on any atom is -0.363 e. The van der Waals surface area contributed by atoms with Gasteiger partial charge in [0.25, 0.3) is 0 Å². The third-order valence-electron chi connectivity index (χ3n) is 1.62. The van der Waals surface area contributed by atoms with Gasteiger partial charge in [-0.25, -0.2) is 9.98 Å². The van der Waals surface area contributed by atoms with Gasteiger partial charge in [0.2, 0.25) is 0 Å². The average Bonchev–Trinajstić information content (AvgIpc) is 2.21. The van der Waals surface area contributed by atoms with Crippen molar-refractivity contribution in [3.05, 3.63) is 24.6 Å². The minimum atomic E-state index is 0.821. The molecule has 0 saturated carbocycles. The van der Waals surface area contributed by atoms with Gasteiger partial charge in [0, 0.05) is 25.5 Å². The highest BCUT2D eigenvalue weighted by Gasteiger charge is 2.08. The molecule has 0 unspecified atom stereocenters. The van der Waals surface area contributed by atoms with Crippen LogP contribution in [0.15, 0.2) is 34.5 Å². The molecule has 0 bridgehead atoms. The van der Waals surface area contributed by atoms with E-state index in [2.05, 4.69) is 20.6 Å². The van der Waals surface area contributed by atoms with E-state index in [1.54, 1.807) is 12.4 Å². The highest BCUT2D eigenvalue weighted by Crippen LogP contribution is 1.92. The Morgan fingerprint density at radius 2 is 1.42 bits per heavy atom. The maximum Gasteiger partial charge on any atom is 0.169 e. The van der Waals surface area contributed by atoms with E-state index in [1.807, 2.05) is 12.2 Å². The number of nitrogens with zero attached hydrogens (tertiary/aromatic N) is 2. The van der Waals surface area contributed by atoms with Crippen molar-refractivity contribution < 1.29 is 0 Å². The van der Waals surface area contributed by atoms with E-state index in [0.29, 0.717) is 0 Å². The Morgan fingerprint density at radius 1 is 0.917 bits per heavy atom. The molecule has 0 aromatic carbocycles. The third kappa shape index (κ3) is 1.37. The molecule has 2 heterocycles. The summed E-state index contributed by atoms with van der Waals surface area (Å²) in [5, 5.41) is 6.25. The van der Waals surface area contributed by atoms with Gasteiger partial charge in [-0.1, -0.05) is 0 Å². The predicted molar refractivity (Wildman–Crippen MR) is 49.2 cm³/mol. The first-order valence-electron chi connectivity index (χ1n) is 3.90. The number of amidine groups is 2. The van der Waals surface area contributed by atoms with Gasteiger partial charge in [-0.2, -0.15) is 0 Å². The first kappa shape index (κ1) is 7.09. The van der Waals surface area contributed by atoms with Gasteiger partial charge in [0.15, 0.2) is 11.7 Å². The average molecular weight is 162 g/mol. The monoisotopic (exact) mass is 162 g/mol. The maximum atomic E-state index is 4.15. The molecule has 0 aromatic heterocycles. The molecular weight excluding hydrogens is 152 g/mol. The second kappa shape index (κ2) is 3.21. The minimum absolute atomic E-state index is 0.821. The van der Waals surface area contributed by atoms with E-state index in [1.165, 1.54) is 0 Å². The third-order valence-corrected chi connectivity index (χ3v) is 1.62. The molecule has 0 saturated heterocycles. The summed E-state index contributed by atoms with van der Waals surface area (Å²) >= 11 is 0. The standard InChI is InChI=1S/C8H10N4/c1-3-9-7(10-4-1)8-11-5-2-6-12-8/h1-3,5H,4,6H2,(H,9,10)(H,11,12). The molecule has 0 amide bonds. The number of hydrogen-bond donors (Lipinski definition) is 2. The molecule has 0 atom stereocenters. The maximum absolute atomic E-state index is 4.15. The molecule has 2 aliphatic heterocycles. The summed E-state index contributed by atoms with van der Waals surface area (Å²) in [6.45, 7) is 1.65. The van der Waals surface area contributed by atoms with Crippen LogP contribution in [-0.2, 0) is 0 Å². The van der Waals surface area contributed by atoms with E-state index in [9.17, 15) is 0 Å². The number of hydrogen-bond acceptors (Lipinski definition) is 4. The number of aliphatic imine (C=N–C) groups is 2. The van der Waals surface area contributed by atoms with Crippen molar-refractivity contribution in [3.63, 3.8) is 0 Å². The molecule has 4 heteroatoms. The zero-order chi connectivity index (χ0) is 8.23. The summed E-state index contributed by atoms with van der Waals surface area (Å²) in [7, 11) is 0. The molecule has 0 spiro atoms. The van der Waals surface area contributed by atoms with E-state index in [0.717, 1.165) is 24.8 Å². The van der Waals surface area contributed by atoms with Gasteiger partial charge in [-0.05, 0) is 12.2 Å². The van der Waals surface area contributed by atoms with E-state index >= 15 is 0 Å². The van der Waals surface area contributed by atoms with Gasteiger partial charge in [0.05, 0.1) is 0 Å². The van der Waals surface area contributed by atoms with Gasteiger partial charge >= 0.3 is 0 Å². The molecule has 2 N–H and O–H groups in total. The van der Waals surface area contributed by atoms with Crippen LogP contribution in [0.3, 0.4) is 0 Å². The molecule has 12 heavy (non-hydrogen) atoms. The second-order valence-corrected chi connectivity index (χ2v) is 2.49. The largest absolute Gasteiger partial charge is 0.363 e. The summed E-state index contributed by atoms with van der Waals surface area (Å²) in [5.74, 6) is 1.64. The highest BCUT2D eigenvalue weighted by molar-refractivity contribution is 6.41. The van der Waals surface area contributed by atoms with Gasteiger partial charge in [0.1, 0.15) is 0 Å². The molecule has 0 radical (unpaired) electrons. The van der Waals surface area contributed by atoms with Crippen molar-refractivity contribution in [2.45, 2.75) is 0 Å². The first-order chi connectivity index (χ1) is 5.97. The van der Waals surface area contributed by atoms with E-state index < -0.39 is 0 Å². The van der Waals surface area contributed by atoms with Crippen LogP contribution in [0.2, 0.25) is 0 Å². The van der Waals surface area contributed by atoms with Crippen LogP contribution < -0.4 is 10.6 Å². The molecular formula is C8H10N4. The SMILES string of the molecule is C1=CN=C(C2=NC=CCN2)NC1. The van der Waals surface area contributed by atoms with Crippen LogP contribution in [0.5, 0.6) is 0 Å². The topological polar surface area (TPSA) is 48.8 Å². The molecule has 4 nitrogen and oxygen atoms in total. The Bertz CT molecular complexity index is 255. The summed E-state index contributed by atoms with van der Waals surface area (Å²) < 4.78 is 0. The van der Waals surface area contributed by atoms with Crippen LogP contribution in [0, 0.1) is 0 Å². The van der Waals surface area contributed by atoms with Crippen molar-refractivity contribution in [2.75, 3.05) is 13.1 Å². The van der Waals surface area contributed by atoms with Crippen molar-refractivity contribution in [1.82, 2.24) is 10.6 Å². The van der Waals surface area contributed by atoms with Gasteiger partial charge in [-0.15, -0.1) is 0 Å². The summed E-state index contributed by atoms with van der Waals surface area (Å²) in [6, 6.07) is 0. The van der Waals surface area contributed by atoms with Crippen LogP contribution in [-0.4, -0.2) is 24.8 Å². The number of rotatable bonds is 1. The zero-order valence-corrected chi connectivity index (χ0v) is 6.62. The van der Waals surface area contributed by atoms with E-state index in [4.69, 9.17) is 0 Å². The van der Waals surface area contributed by atoms with Crippen LogP contribution in [0.1, 0.15) is 0 Å². The van der Waals surface area contributed by atoms with Crippen LogP contribution in [0.4, 0.5) is 0 Å². The Kier molecular flexibility index (Phi) is 1.90.